The molecule has 22 heavy (non-hydrogen) atoms. The molecule has 0 bridgehead atoms. The largest absolute Gasteiger partial charge is 0.326 e. The highest BCUT2D eigenvalue weighted by molar-refractivity contribution is 6.14. The number of quaternary nitrogens is 1. The van der Waals surface area contributed by atoms with Gasteiger partial charge in [0.05, 0.1) is 11.7 Å². The van der Waals surface area contributed by atoms with Gasteiger partial charge in [0.1, 0.15) is 11.8 Å². The van der Waals surface area contributed by atoms with Crippen LogP contribution in [-0.2, 0) is 19.9 Å². The molecule has 2 fully saturated rings. The molecule has 2 saturated heterocycles. The summed E-state index contributed by atoms with van der Waals surface area (Å²) in [6.07, 6.45) is 0. The minimum atomic E-state index is -0.993. The summed E-state index contributed by atoms with van der Waals surface area (Å²) in [6, 6.07) is 7.45. The predicted octanol–water partition coefficient (Wildman–Crippen LogP) is -0.945. The summed E-state index contributed by atoms with van der Waals surface area (Å²) >= 11 is 0. The van der Waals surface area contributed by atoms with Crippen molar-refractivity contribution in [2.24, 2.45) is 11.8 Å². The molecule has 3 amide bonds. The number of likely N-dealkylation sites (N-methyl/N-ethyl adjacent to an activating group) is 1. The molecule has 114 valence electrons. The molecular weight excluding hydrogens is 282 g/mol. The average Bonchev–Trinajstić information content (AvgIpc) is 3.03. The van der Waals surface area contributed by atoms with Crippen LogP contribution in [0.1, 0.15) is 12.5 Å². The van der Waals surface area contributed by atoms with Crippen LogP contribution in [0.4, 0.5) is 5.69 Å². The molecule has 1 spiro atoms. The lowest BCUT2D eigenvalue weighted by Crippen LogP contribution is -2.98. The van der Waals surface area contributed by atoms with E-state index in [-0.39, 0.29) is 23.8 Å². The van der Waals surface area contributed by atoms with Gasteiger partial charge >= 0.3 is 0 Å². The van der Waals surface area contributed by atoms with E-state index in [4.69, 9.17) is 0 Å². The number of anilines is 1. The monoisotopic (exact) mass is 300 g/mol. The number of amides is 3. The van der Waals surface area contributed by atoms with Crippen molar-refractivity contribution in [1.82, 2.24) is 4.90 Å². The van der Waals surface area contributed by atoms with Crippen LogP contribution in [0.3, 0.4) is 0 Å². The summed E-state index contributed by atoms with van der Waals surface area (Å²) in [5.74, 6) is -1.56. The van der Waals surface area contributed by atoms with Crippen molar-refractivity contribution in [3.8, 4) is 0 Å². The van der Waals surface area contributed by atoms with Gasteiger partial charge in [-0.2, -0.15) is 0 Å². The number of carbonyl (C=O) groups excluding carboxylic acids is 3. The maximum atomic E-state index is 13.0. The molecule has 3 aliphatic heterocycles. The highest BCUT2D eigenvalue weighted by atomic mass is 16.2. The van der Waals surface area contributed by atoms with E-state index < -0.39 is 17.4 Å². The lowest BCUT2D eigenvalue weighted by molar-refractivity contribution is -0.730. The van der Waals surface area contributed by atoms with Gasteiger partial charge in [0, 0.05) is 19.7 Å². The Labute approximate surface area is 128 Å². The molecule has 6 heteroatoms. The molecular formula is C16H18N3O3+. The second kappa shape index (κ2) is 3.95. The molecule has 0 radical (unpaired) electrons. The molecule has 0 unspecified atom stereocenters. The first-order valence-electron chi connectivity index (χ1n) is 7.46. The van der Waals surface area contributed by atoms with Crippen molar-refractivity contribution in [1.29, 1.82) is 0 Å². The molecule has 3 aliphatic rings. The van der Waals surface area contributed by atoms with E-state index in [9.17, 15) is 14.4 Å². The SMILES string of the molecule is C[C@@H]1[NH2+][C@]2(C(=O)N(C)c3ccccc32)[C@@H]2C(=O)N(C)C(=O)[C@H]12. The zero-order valence-corrected chi connectivity index (χ0v) is 12.7. The van der Waals surface area contributed by atoms with Gasteiger partial charge in [0.2, 0.25) is 17.4 Å². The summed E-state index contributed by atoms with van der Waals surface area (Å²) < 4.78 is 0. The van der Waals surface area contributed by atoms with Crippen LogP contribution >= 0.6 is 0 Å². The first-order valence-corrected chi connectivity index (χ1v) is 7.46. The number of para-hydroxylation sites is 1. The second-order valence-corrected chi connectivity index (χ2v) is 6.52. The number of fused-ring (bicyclic) bond motifs is 4. The van der Waals surface area contributed by atoms with E-state index in [1.807, 2.05) is 36.5 Å². The summed E-state index contributed by atoms with van der Waals surface area (Å²) in [4.78, 5) is 40.9. The van der Waals surface area contributed by atoms with Crippen LogP contribution in [0.5, 0.6) is 0 Å². The number of rotatable bonds is 0. The fraction of sp³-hybridized carbons (Fsp3) is 0.438. The van der Waals surface area contributed by atoms with Crippen LogP contribution in [0.15, 0.2) is 24.3 Å². The minimum Gasteiger partial charge on any atom is -0.326 e. The van der Waals surface area contributed by atoms with Crippen molar-refractivity contribution in [3.63, 3.8) is 0 Å². The number of carbonyl (C=O) groups is 3. The van der Waals surface area contributed by atoms with Gasteiger partial charge in [0.15, 0.2) is 0 Å². The standard InChI is InChI=1S/C16H17N3O3/c1-8-11-12(14(21)19(3)13(11)20)16(17-8)9-6-4-5-7-10(9)18(2)15(16)22/h4-8,11-12,17H,1-3H3/p+1/t8-,11+,12-,16-/m0/s1. The summed E-state index contributed by atoms with van der Waals surface area (Å²) in [6.45, 7) is 1.92. The van der Waals surface area contributed by atoms with E-state index in [2.05, 4.69) is 0 Å². The maximum Gasteiger partial charge on any atom is 0.293 e. The normalized spacial score (nSPS) is 36.5. The average molecular weight is 300 g/mol. The molecule has 1 aromatic rings. The number of nitrogens with two attached hydrogens (primary N) is 1. The summed E-state index contributed by atoms with van der Waals surface area (Å²) in [7, 11) is 3.24. The minimum absolute atomic E-state index is 0.102. The Bertz CT molecular complexity index is 731. The third-order valence-electron chi connectivity index (χ3n) is 5.52. The Hall–Kier alpha value is -2.21. The van der Waals surface area contributed by atoms with Gasteiger partial charge in [-0.15, -0.1) is 0 Å². The fourth-order valence-electron chi connectivity index (χ4n) is 4.55. The van der Waals surface area contributed by atoms with E-state index in [0.29, 0.717) is 0 Å². The van der Waals surface area contributed by atoms with Crippen molar-refractivity contribution < 1.29 is 19.7 Å². The van der Waals surface area contributed by atoms with Gasteiger partial charge in [-0.25, -0.2) is 0 Å². The smallest absolute Gasteiger partial charge is 0.293 e. The number of hydrogen-bond donors (Lipinski definition) is 1. The first-order chi connectivity index (χ1) is 10.4. The third kappa shape index (κ3) is 1.23. The Kier molecular flexibility index (Phi) is 2.42. The number of nitrogens with zero attached hydrogens (tertiary/aromatic N) is 2. The molecule has 3 heterocycles. The number of imide groups is 1. The highest BCUT2D eigenvalue weighted by Gasteiger charge is 2.73. The summed E-state index contributed by atoms with van der Waals surface area (Å²) in [5, 5.41) is 1.93. The quantitative estimate of drug-likeness (QED) is 0.628. The Balaban J connectivity index is 1.98. The second-order valence-electron chi connectivity index (χ2n) is 6.52. The summed E-state index contributed by atoms with van der Waals surface area (Å²) in [5.41, 5.74) is 0.678. The van der Waals surface area contributed by atoms with Crippen molar-refractivity contribution in [2.45, 2.75) is 18.5 Å². The Morgan fingerprint density at radius 2 is 1.73 bits per heavy atom. The topological polar surface area (TPSA) is 74.3 Å². The fourth-order valence-corrected chi connectivity index (χ4v) is 4.55. The van der Waals surface area contributed by atoms with E-state index in [1.54, 1.807) is 11.9 Å². The lowest BCUT2D eigenvalue weighted by atomic mass is 9.76. The van der Waals surface area contributed by atoms with Gasteiger partial charge in [-0.1, -0.05) is 18.2 Å². The van der Waals surface area contributed by atoms with Crippen molar-refractivity contribution in [2.75, 3.05) is 19.0 Å². The van der Waals surface area contributed by atoms with Crippen LogP contribution < -0.4 is 10.2 Å². The van der Waals surface area contributed by atoms with Crippen molar-refractivity contribution >= 4 is 23.4 Å². The van der Waals surface area contributed by atoms with Gasteiger partial charge in [-0.3, -0.25) is 19.3 Å². The van der Waals surface area contributed by atoms with Crippen molar-refractivity contribution in [3.05, 3.63) is 29.8 Å². The lowest BCUT2D eigenvalue weighted by Gasteiger charge is -2.25. The Morgan fingerprint density at radius 3 is 2.45 bits per heavy atom. The third-order valence-corrected chi connectivity index (χ3v) is 5.52. The zero-order valence-electron chi connectivity index (χ0n) is 12.7. The first kappa shape index (κ1) is 13.5. The predicted molar refractivity (Wildman–Crippen MR) is 77.7 cm³/mol. The number of benzene rings is 1. The van der Waals surface area contributed by atoms with Gasteiger partial charge in [-0.05, 0) is 13.0 Å². The van der Waals surface area contributed by atoms with Crippen LogP contribution in [-0.4, -0.2) is 42.8 Å². The van der Waals surface area contributed by atoms with Crippen LogP contribution in [0, 0.1) is 11.8 Å². The Morgan fingerprint density at radius 1 is 1.05 bits per heavy atom. The molecule has 0 aliphatic carbocycles. The number of likely N-dealkylation sites (tertiary alicyclic amines) is 1. The molecule has 4 rings (SSSR count). The molecule has 4 atom stereocenters. The maximum absolute atomic E-state index is 13.0. The van der Waals surface area contributed by atoms with E-state index >= 15 is 0 Å². The molecule has 2 N–H and O–H groups in total. The van der Waals surface area contributed by atoms with Crippen LogP contribution in [0.2, 0.25) is 0 Å². The van der Waals surface area contributed by atoms with E-state index in [0.717, 1.165) is 11.3 Å². The zero-order chi connectivity index (χ0) is 15.8. The number of hydrogen-bond acceptors (Lipinski definition) is 3. The highest BCUT2D eigenvalue weighted by Crippen LogP contribution is 2.49. The van der Waals surface area contributed by atoms with Gasteiger partial charge < -0.3 is 10.2 Å². The van der Waals surface area contributed by atoms with Gasteiger partial charge in [0.25, 0.3) is 5.91 Å². The molecule has 0 aromatic heterocycles. The van der Waals surface area contributed by atoms with Crippen LogP contribution in [0.25, 0.3) is 0 Å². The molecule has 0 saturated carbocycles. The molecule has 6 nitrogen and oxygen atoms in total. The molecule has 1 aromatic carbocycles. The van der Waals surface area contributed by atoms with E-state index in [1.165, 1.54) is 11.9 Å².